The molecule has 0 aliphatic carbocycles. The molecule has 0 unspecified atom stereocenters. The minimum absolute atomic E-state index is 0. The molecule has 0 fully saturated rings. The average molecular weight is 252 g/mol. The third-order valence-corrected chi connectivity index (χ3v) is 0.864. The van der Waals surface area contributed by atoms with Crippen LogP contribution in [0.1, 0.15) is 13.3 Å². The Bertz CT molecular complexity index is 67.5. The molecule has 0 saturated carbocycles. The first-order chi connectivity index (χ1) is 3.27. The summed E-state index contributed by atoms with van der Waals surface area (Å²) in [4.78, 5) is 9.61. The van der Waals surface area contributed by atoms with Gasteiger partial charge in [-0.2, -0.15) is 0 Å². The van der Waals surface area contributed by atoms with Gasteiger partial charge in [0.2, 0.25) is 0 Å². The van der Waals surface area contributed by atoms with Gasteiger partial charge in [-0.3, -0.25) is 0 Å². The number of rotatable bonds is 3. The maximum absolute atomic E-state index is 9.61. The Morgan fingerprint density at radius 1 is 1.75 bits per heavy atom. The molecule has 0 N–H and O–H groups in total. The molecule has 0 saturated heterocycles. The number of hydrogen-bond acceptors (Lipinski definition) is 3. The third kappa shape index (κ3) is 10.6. The van der Waals surface area contributed by atoms with Crippen molar-refractivity contribution in [3.63, 3.8) is 0 Å². The molecule has 0 atom stereocenters. The SMILES string of the molecule is CCCO[Si](=O)[O-].[Cs+]. The van der Waals surface area contributed by atoms with E-state index in [1.807, 2.05) is 6.92 Å². The summed E-state index contributed by atoms with van der Waals surface area (Å²) >= 11 is 0. The summed E-state index contributed by atoms with van der Waals surface area (Å²) in [6.45, 7) is 2.17. The zero-order valence-corrected chi connectivity index (χ0v) is 12.4. The van der Waals surface area contributed by atoms with Gasteiger partial charge in [0.05, 0.1) is 0 Å². The van der Waals surface area contributed by atoms with Crippen LogP contribution in [0.2, 0.25) is 0 Å². The second kappa shape index (κ2) is 8.67. The summed E-state index contributed by atoms with van der Waals surface area (Å²) in [5.41, 5.74) is 0. The van der Waals surface area contributed by atoms with Crippen LogP contribution in [0.4, 0.5) is 0 Å². The minimum Gasteiger partial charge on any atom is -0.588 e. The molecular formula is C3H7CsO3Si. The molecule has 0 aliphatic heterocycles. The fourth-order valence-corrected chi connectivity index (χ4v) is 0.556. The molecule has 0 aromatic rings. The molecule has 0 aromatic heterocycles. The van der Waals surface area contributed by atoms with Gasteiger partial charge in [-0.15, -0.1) is 0 Å². The van der Waals surface area contributed by atoms with Gasteiger partial charge in [-0.1, -0.05) is 6.92 Å². The Balaban J connectivity index is 0. The average Bonchev–Trinajstić information content (AvgIpc) is 1.61. The molecule has 0 aliphatic rings. The van der Waals surface area contributed by atoms with Crippen molar-refractivity contribution in [2.45, 2.75) is 13.3 Å². The Morgan fingerprint density at radius 3 is 2.38 bits per heavy atom. The predicted octanol–water partition coefficient (Wildman–Crippen LogP) is -3.81. The van der Waals surface area contributed by atoms with Crippen LogP contribution < -0.4 is 73.7 Å². The first kappa shape index (κ1) is 12.4. The van der Waals surface area contributed by atoms with Crippen molar-refractivity contribution in [3.05, 3.63) is 0 Å². The molecule has 42 valence electrons. The van der Waals surface area contributed by atoms with Crippen LogP contribution in [0.25, 0.3) is 0 Å². The van der Waals surface area contributed by atoms with E-state index in [0.29, 0.717) is 6.61 Å². The van der Waals surface area contributed by atoms with Crippen LogP contribution >= 0.6 is 0 Å². The van der Waals surface area contributed by atoms with Gasteiger partial charge in [0.25, 0.3) is 0 Å². The van der Waals surface area contributed by atoms with E-state index < -0.39 is 9.17 Å². The van der Waals surface area contributed by atoms with E-state index in [0.717, 1.165) is 6.42 Å². The molecule has 0 aromatic carbocycles. The predicted molar refractivity (Wildman–Crippen MR) is 22.7 cm³/mol. The molecule has 3 nitrogen and oxygen atoms in total. The van der Waals surface area contributed by atoms with Crippen LogP contribution in [-0.4, -0.2) is 15.8 Å². The first-order valence-electron chi connectivity index (χ1n) is 2.11. The van der Waals surface area contributed by atoms with Crippen molar-refractivity contribution in [2.24, 2.45) is 0 Å². The zero-order valence-electron chi connectivity index (χ0n) is 5.14. The molecule has 0 spiro atoms. The Morgan fingerprint density at radius 2 is 2.25 bits per heavy atom. The van der Waals surface area contributed by atoms with Crippen molar-refractivity contribution in [1.29, 1.82) is 0 Å². The van der Waals surface area contributed by atoms with E-state index in [1.54, 1.807) is 0 Å². The normalized spacial score (nSPS) is 7.12. The molecule has 8 heavy (non-hydrogen) atoms. The first-order valence-corrected chi connectivity index (χ1v) is 3.33. The van der Waals surface area contributed by atoms with E-state index in [4.69, 9.17) is 0 Å². The fraction of sp³-hybridized carbons (Fsp3) is 1.00. The zero-order chi connectivity index (χ0) is 5.70. The standard InChI is InChI=1S/C3H7O3Si.Cs/c1-2-3-6-7(4)5;/h2-3H2,1H3;/q-1;+1. The molecule has 0 bridgehead atoms. The fourth-order valence-electron chi connectivity index (χ4n) is 0.185. The van der Waals surface area contributed by atoms with Crippen LogP contribution in [0.3, 0.4) is 0 Å². The van der Waals surface area contributed by atoms with Gasteiger partial charge in [-0.25, -0.2) is 0 Å². The monoisotopic (exact) mass is 252 g/mol. The van der Waals surface area contributed by atoms with Crippen molar-refractivity contribution in [3.8, 4) is 0 Å². The summed E-state index contributed by atoms with van der Waals surface area (Å²) < 4.78 is 13.8. The van der Waals surface area contributed by atoms with Crippen molar-refractivity contribution in [1.82, 2.24) is 0 Å². The van der Waals surface area contributed by atoms with Crippen molar-refractivity contribution >= 4 is 9.17 Å². The van der Waals surface area contributed by atoms with E-state index in [-0.39, 0.29) is 68.9 Å². The summed E-state index contributed by atoms with van der Waals surface area (Å²) in [6.07, 6.45) is 0.749. The van der Waals surface area contributed by atoms with Crippen molar-refractivity contribution < 1.29 is 82.6 Å². The van der Waals surface area contributed by atoms with E-state index in [9.17, 15) is 9.26 Å². The van der Waals surface area contributed by atoms with Gasteiger partial charge >= 0.3 is 78.1 Å². The van der Waals surface area contributed by atoms with Crippen LogP contribution in [0.15, 0.2) is 0 Å². The maximum atomic E-state index is 9.61. The molecule has 0 amide bonds. The van der Waals surface area contributed by atoms with E-state index >= 15 is 0 Å². The van der Waals surface area contributed by atoms with Crippen molar-refractivity contribution in [2.75, 3.05) is 6.61 Å². The van der Waals surface area contributed by atoms with Gasteiger partial charge in [0.1, 0.15) is 0 Å². The summed E-state index contributed by atoms with van der Waals surface area (Å²) in [7, 11) is -2.90. The summed E-state index contributed by atoms with van der Waals surface area (Å²) in [5.74, 6) is 0. The Hall–Kier alpha value is 1.67. The maximum Gasteiger partial charge on any atom is 1.00 e. The second-order valence-electron chi connectivity index (χ2n) is 1.10. The summed E-state index contributed by atoms with van der Waals surface area (Å²) in [6, 6.07) is 0. The van der Waals surface area contributed by atoms with E-state index in [2.05, 4.69) is 4.43 Å². The van der Waals surface area contributed by atoms with Crippen LogP contribution in [-0.2, 0) is 8.89 Å². The Labute approximate surface area is 109 Å². The van der Waals surface area contributed by atoms with Crippen LogP contribution in [0.5, 0.6) is 0 Å². The smallest absolute Gasteiger partial charge is 0.588 e. The molecule has 5 heteroatoms. The Kier molecular flexibility index (Phi) is 13.4. The topological polar surface area (TPSA) is 49.4 Å². The quantitative estimate of drug-likeness (QED) is 0.484. The van der Waals surface area contributed by atoms with Gasteiger partial charge in [0, 0.05) is 6.61 Å². The largest absolute Gasteiger partial charge is 1.00 e. The van der Waals surface area contributed by atoms with Gasteiger partial charge < -0.3 is 13.7 Å². The third-order valence-electron chi connectivity index (χ3n) is 0.424. The second-order valence-corrected chi connectivity index (χ2v) is 1.89. The molecule has 0 rings (SSSR count). The van der Waals surface area contributed by atoms with Crippen LogP contribution in [0, 0.1) is 0 Å². The van der Waals surface area contributed by atoms with Gasteiger partial charge in [-0.05, 0) is 6.42 Å². The number of hydrogen-bond donors (Lipinski definition) is 0. The molecule has 0 heterocycles. The summed E-state index contributed by atoms with van der Waals surface area (Å²) in [5, 5.41) is 0. The minimum atomic E-state index is -2.90. The van der Waals surface area contributed by atoms with Gasteiger partial charge in [0.15, 0.2) is 0 Å². The van der Waals surface area contributed by atoms with E-state index in [1.165, 1.54) is 0 Å². The molecular weight excluding hydrogens is 245 g/mol. The molecule has 0 radical (unpaired) electrons.